The first-order chi connectivity index (χ1) is 46.4. The molecule has 0 heterocycles. The molecule has 1 aliphatic carbocycles. The summed E-state index contributed by atoms with van der Waals surface area (Å²) in [4.78, 5) is 58.0. The summed E-state index contributed by atoms with van der Waals surface area (Å²) in [6.07, 6.45) is 38.6. The second-order valence-corrected chi connectivity index (χ2v) is 22.4. The molecule has 19 nitrogen and oxygen atoms in total. The maximum absolute atomic E-state index is 13.6. The summed E-state index contributed by atoms with van der Waals surface area (Å²) in [5.74, 6) is 2.15. The van der Waals surface area contributed by atoms with Crippen LogP contribution in [-0.4, -0.2) is 123 Å². The van der Waals surface area contributed by atoms with Gasteiger partial charge >= 0.3 is 11.9 Å². The van der Waals surface area contributed by atoms with Crippen molar-refractivity contribution < 1.29 is 91.0 Å². The van der Waals surface area contributed by atoms with Crippen molar-refractivity contribution in [2.75, 3.05) is 99.1 Å². The average Bonchev–Trinajstić information content (AvgIpc) is 0.838. The first kappa shape index (κ1) is 81.5. The molecule has 0 spiro atoms. The monoisotopic (exact) mass is 1320 g/mol. The second-order valence-electron chi connectivity index (χ2n) is 22.4. The zero-order chi connectivity index (χ0) is 67.3. The molecule has 2 aromatic carbocycles. The number of carbonyl (C=O) groups is 2. The Bertz CT molecular complexity index is 2360. The first-order valence-electron chi connectivity index (χ1n) is 34.5. The highest BCUT2D eigenvalue weighted by atomic mass is 17.2. The van der Waals surface area contributed by atoms with E-state index >= 15 is 0 Å². The van der Waals surface area contributed by atoms with Gasteiger partial charge in [-0.1, -0.05) is 57.2 Å². The summed E-state index contributed by atoms with van der Waals surface area (Å²) >= 11 is 0. The van der Waals surface area contributed by atoms with E-state index in [-0.39, 0.29) is 12.2 Å². The molecular weight excluding hydrogens is 1200 g/mol. The Morgan fingerprint density at radius 1 is 0.319 bits per heavy atom. The van der Waals surface area contributed by atoms with Crippen molar-refractivity contribution in [2.45, 2.75) is 192 Å². The van der Waals surface area contributed by atoms with E-state index in [9.17, 15) is 9.59 Å². The van der Waals surface area contributed by atoms with Crippen molar-refractivity contribution in [3.05, 3.63) is 124 Å². The molecule has 1 fully saturated rings. The molecule has 0 N–H and O–H groups in total. The summed E-state index contributed by atoms with van der Waals surface area (Å²) < 4.78 is 66.9. The minimum atomic E-state index is -0.493. The lowest BCUT2D eigenvalue weighted by atomic mass is 9.95. The lowest BCUT2D eigenvalue weighted by Gasteiger charge is -2.27. The van der Waals surface area contributed by atoms with Gasteiger partial charge in [-0.2, -0.15) is 0 Å². The van der Waals surface area contributed by atoms with Crippen LogP contribution in [0.2, 0.25) is 0 Å². The Morgan fingerprint density at radius 2 is 0.585 bits per heavy atom. The van der Waals surface area contributed by atoms with Gasteiger partial charge in [0.15, 0.2) is 23.0 Å². The van der Waals surface area contributed by atoms with Gasteiger partial charge in [0.1, 0.15) is 32.0 Å². The predicted molar refractivity (Wildman–Crippen MR) is 368 cm³/mol. The van der Waals surface area contributed by atoms with Crippen molar-refractivity contribution in [2.24, 2.45) is 0 Å². The molecule has 2 aromatic rings. The van der Waals surface area contributed by atoms with Gasteiger partial charge in [0.05, 0.1) is 98.1 Å². The molecule has 0 aliphatic heterocycles. The highest BCUT2D eigenvalue weighted by Crippen LogP contribution is 2.43. The van der Waals surface area contributed by atoms with Gasteiger partial charge in [0, 0.05) is 23.3 Å². The molecule has 0 bridgehead atoms. The van der Waals surface area contributed by atoms with E-state index in [1.165, 1.54) is 30.9 Å². The number of unbranched alkanes of at least 4 members (excludes halogenated alkanes) is 18. The van der Waals surface area contributed by atoms with Crippen LogP contribution in [-0.2, 0) is 62.6 Å². The molecule has 3 rings (SSSR count). The summed E-state index contributed by atoms with van der Waals surface area (Å²) in [7, 11) is 0. The molecule has 1 saturated carbocycles. The van der Waals surface area contributed by atoms with Crippen molar-refractivity contribution in [1.82, 2.24) is 0 Å². The van der Waals surface area contributed by atoms with Crippen LogP contribution in [0.25, 0.3) is 12.2 Å². The fraction of sp³-hybridized carbons (Fsp3) is 0.600. The molecule has 94 heavy (non-hydrogen) atoms. The van der Waals surface area contributed by atoms with Crippen LogP contribution in [0, 0.1) is 0 Å². The normalized spacial score (nSPS) is 13.6. The third-order valence-corrected chi connectivity index (χ3v) is 14.7. The summed E-state index contributed by atoms with van der Waals surface area (Å²) in [5, 5.41) is 0. The third-order valence-electron chi connectivity index (χ3n) is 14.7. The fourth-order valence-corrected chi connectivity index (χ4v) is 9.72. The smallest absolute Gasteiger partial charge is 0.331 e. The van der Waals surface area contributed by atoms with Crippen LogP contribution in [0.1, 0.15) is 191 Å². The molecule has 19 heteroatoms. The van der Waals surface area contributed by atoms with E-state index in [0.29, 0.717) is 170 Å². The molecule has 0 radical (unpaired) electrons. The highest BCUT2D eigenvalue weighted by Gasteiger charge is 2.26. The number of ether oxygens (including phenoxy) is 11. The second kappa shape index (κ2) is 58.8. The number of esters is 2. The van der Waals surface area contributed by atoms with E-state index in [1.54, 1.807) is 30.4 Å². The van der Waals surface area contributed by atoms with Crippen molar-refractivity contribution >= 4 is 24.1 Å². The Labute approximate surface area is 562 Å². The minimum Gasteiger partial charge on any atom is -0.502 e. The van der Waals surface area contributed by atoms with Gasteiger partial charge in [0.25, 0.3) is 0 Å². The Morgan fingerprint density at radius 3 is 0.872 bits per heavy atom. The van der Waals surface area contributed by atoms with E-state index < -0.39 is 11.9 Å². The number of rotatable bonds is 66. The zero-order valence-corrected chi connectivity index (χ0v) is 56.6. The van der Waals surface area contributed by atoms with Gasteiger partial charge in [-0.15, -0.1) is 19.7 Å². The molecule has 0 amide bonds. The lowest BCUT2D eigenvalue weighted by Crippen LogP contribution is -2.29. The van der Waals surface area contributed by atoms with Gasteiger partial charge in [-0.25, -0.2) is 38.9 Å². The largest absolute Gasteiger partial charge is 0.502 e. The van der Waals surface area contributed by atoms with E-state index in [0.717, 1.165) is 154 Å². The minimum absolute atomic E-state index is 0.342. The van der Waals surface area contributed by atoms with Crippen molar-refractivity contribution in [3.63, 3.8) is 0 Å². The summed E-state index contributed by atoms with van der Waals surface area (Å²) in [5.41, 5.74) is 1.31. The Kier molecular flexibility index (Phi) is 51.0. The maximum atomic E-state index is 13.6. The quantitative estimate of drug-likeness (QED) is 0.0115. The van der Waals surface area contributed by atoms with Crippen molar-refractivity contribution in [3.8, 4) is 34.5 Å². The molecule has 528 valence electrons. The molecule has 0 unspecified atom stereocenters. The fourth-order valence-electron chi connectivity index (χ4n) is 9.72. The predicted octanol–water partition coefficient (Wildman–Crippen LogP) is 17.3. The lowest BCUT2D eigenvalue weighted by molar-refractivity contribution is -0.286. The highest BCUT2D eigenvalue weighted by molar-refractivity contribution is 5.89. The summed E-state index contributed by atoms with van der Waals surface area (Å²) in [6, 6.07) is 7.51. The topological polar surface area (TPSA) is 191 Å². The molecule has 0 saturated heterocycles. The molecule has 0 aromatic heterocycles. The van der Waals surface area contributed by atoms with Crippen LogP contribution in [0.4, 0.5) is 0 Å². The van der Waals surface area contributed by atoms with Gasteiger partial charge < -0.3 is 52.1 Å². The molecule has 1 aliphatic rings. The molecular formula is C75H114O19. The van der Waals surface area contributed by atoms with Gasteiger partial charge in [-0.3, -0.25) is 0 Å². The molecule has 0 atom stereocenters. The van der Waals surface area contributed by atoms with Gasteiger partial charge in [-0.05, 0) is 197 Å². The van der Waals surface area contributed by atoms with Crippen LogP contribution in [0.5, 0.6) is 34.5 Å². The standard InChI is InChI=1S/C75H114O19/c1-7-49-87-90-61-34-22-19-29-56-82-69-46-38-64(72(83-57-30-17-14-26-53-79-11-5)75(69)86-60-33-21-24-36-63-92-89-51-9-3)39-47-70(76)93-66-41-43-67(44-42-66)94-71(77)48-40-65-37-45-68(81-55-28-16-13-25-52-78-10-4)74(85-59-32-18-15-27-54-80-12-6)73(65)84-58-31-20-23-35-62-91-88-50-8-2/h7-12,37-40,45-48,66-67H,1-6,13-36,41-44,49-63H2. The SMILES string of the molecule is C=CCOOCCCCCCOc1ccc(C=CC(=O)OC2CCC(OC(=O)C=Cc3ccc(OCCCCCCOC=C)c(OCCCCCCOC=C)c3OCCCCCCOOCC=C)CC2)c(OCCCCCCOC=C)c1OCCCCCCOOCC=C. The Hall–Kier alpha value is -6.74. The zero-order valence-electron chi connectivity index (χ0n) is 56.6. The van der Waals surface area contributed by atoms with Crippen molar-refractivity contribution in [1.29, 1.82) is 0 Å². The van der Waals surface area contributed by atoms with Crippen LogP contribution >= 0.6 is 0 Å². The Balaban J connectivity index is 1.74. The van der Waals surface area contributed by atoms with Crippen LogP contribution in [0.3, 0.4) is 0 Å². The summed E-state index contributed by atoms with van der Waals surface area (Å²) in [6.45, 7) is 28.9. The number of carbonyl (C=O) groups excluding carboxylic acids is 2. The van der Waals surface area contributed by atoms with Crippen LogP contribution < -0.4 is 28.4 Å². The van der Waals surface area contributed by atoms with E-state index in [2.05, 4.69) is 39.5 Å². The van der Waals surface area contributed by atoms with Crippen LogP contribution in [0.15, 0.2) is 113 Å². The van der Waals surface area contributed by atoms with E-state index in [4.69, 9.17) is 81.4 Å². The van der Waals surface area contributed by atoms with Gasteiger partial charge in [0.2, 0.25) is 11.5 Å². The third kappa shape index (κ3) is 41.2. The number of hydrogen-bond donors (Lipinski definition) is 0. The maximum Gasteiger partial charge on any atom is 0.331 e. The average molecular weight is 1320 g/mol. The number of benzene rings is 2. The number of hydrogen-bond acceptors (Lipinski definition) is 19. The van der Waals surface area contributed by atoms with E-state index in [1.807, 2.05) is 24.3 Å². The first-order valence-corrected chi connectivity index (χ1v) is 34.5.